The summed E-state index contributed by atoms with van der Waals surface area (Å²) in [4.78, 5) is 17.6. The molecular formula is C23H22F3N5. The van der Waals surface area contributed by atoms with E-state index in [2.05, 4.69) is 27.2 Å². The minimum Gasteiger partial charge on any atom is -0.324 e. The van der Waals surface area contributed by atoms with Crippen molar-refractivity contribution >= 4 is 22.4 Å². The number of pyridine rings is 1. The van der Waals surface area contributed by atoms with Crippen LogP contribution in [0.2, 0.25) is 0 Å². The number of rotatable bonds is 4. The van der Waals surface area contributed by atoms with Crippen LogP contribution in [0.3, 0.4) is 0 Å². The van der Waals surface area contributed by atoms with Gasteiger partial charge in [-0.15, -0.1) is 0 Å². The van der Waals surface area contributed by atoms with Crippen LogP contribution in [0.15, 0.2) is 59.1 Å². The number of nitrogens with zero attached hydrogens (tertiary/aromatic N) is 4. The number of aliphatic imine (C=N–C) groups is 1. The van der Waals surface area contributed by atoms with Crippen LogP contribution in [0.1, 0.15) is 39.2 Å². The third kappa shape index (κ3) is 4.15. The van der Waals surface area contributed by atoms with Crippen molar-refractivity contribution in [2.75, 3.05) is 5.32 Å². The summed E-state index contributed by atoms with van der Waals surface area (Å²) in [5.41, 5.74) is 1.70. The second-order valence-electron chi connectivity index (χ2n) is 7.65. The molecule has 4 rings (SSSR count). The maximum atomic E-state index is 13.6. The molecule has 1 unspecified atom stereocenters. The van der Waals surface area contributed by atoms with E-state index in [-0.39, 0.29) is 11.4 Å². The topological polar surface area (TPSA) is 63.1 Å². The number of benzene rings is 1. The van der Waals surface area contributed by atoms with Crippen molar-refractivity contribution in [1.29, 1.82) is 0 Å². The third-order valence-electron chi connectivity index (χ3n) is 5.54. The Bertz CT molecular complexity index is 1200. The second-order valence-corrected chi connectivity index (χ2v) is 7.65. The number of hydrogen-bond acceptors (Lipinski definition) is 5. The van der Waals surface area contributed by atoms with Crippen LogP contribution in [0.25, 0.3) is 22.3 Å². The fraction of sp³-hybridized carbons (Fsp3) is 0.304. The Balaban J connectivity index is 1.85. The van der Waals surface area contributed by atoms with E-state index in [9.17, 15) is 13.2 Å². The molecule has 5 nitrogen and oxygen atoms in total. The molecule has 0 fully saturated rings. The molecule has 0 saturated carbocycles. The first-order chi connectivity index (χ1) is 14.8. The highest BCUT2D eigenvalue weighted by Gasteiger charge is 2.34. The van der Waals surface area contributed by atoms with Gasteiger partial charge in [0.1, 0.15) is 11.6 Å². The summed E-state index contributed by atoms with van der Waals surface area (Å²) in [6.45, 7) is 6.13. The van der Waals surface area contributed by atoms with E-state index < -0.39 is 11.7 Å². The lowest BCUT2D eigenvalue weighted by atomic mass is 9.91. The quantitative estimate of drug-likeness (QED) is 0.537. The standard InChI is InChI=1S/C23H22F3N5/c1-4-15-11-13(2)20(28-14(15)3)30-22-17-9-10-27-12-19(17)29-21(31-22)16-7-5-6-8-18(16)23(24,25)26/h5-10,12,15H,4,11H2,1-3H3,(H,29,30,31). The Labute approximate surface area is 178 Å². The molecule has 2 aromatic heterocycles. The SMILES string of the molecule is CCC1CC(C)=C(Nc2nc(-c3ccccc3C(F)(F)F)nc3cnccc23)N=C1C. The Morgan fingerprint density at radius 1 is 1.10 bits per heavy atom. The number of fused-ring (bicyclic) bond motifs is 1. The predicted octanol–water partition coefficient (Wildman–Crippen LogP) is 6.24. The zero-order valence-electron chi connectivity index (χ0n) is 17.5. The number of anilines is 1. The molecule has 0 bridgehead atoms. The minimum absolute atomic E-state index is 0.0166. The molecule has 0 spiro atoms. The van der Waals surface area contributed by atoms with Crippen molar-refractivity contribution in [1.82, 2.24) is 15.0 Å². The van der Waals surface area contributed by atoms with Crippen LogP contribution in [-0.4, -0.2) is 20.7 Å². The zero-order chi connectivity index (χ0) is 22.2. The van der Waals surface area contributed by atoms with Gasteiger partial charge in [0.15, 0.2) is 5.82 Å². The zero-order valence-corrected chi connectivity index (χ0v) is 17.5. The number of alkyl halides is 3. The molecule has 0 saturated heterocycles. The summed E-state index contributed by atoms with van der Waals surface area (Å²) in [6, 6.07) is 7.04. The predicted molar refractivity (Wildman–Crippen MR) is 116 cm³/mol. The van der Waals surface area contributed by atoms with Gasteiger partial charge in [0.05, 0.1) is 17.3 Å². The van der Waals surface area contributed by atoms with Crippen LogP contribution in [-0.2, 0) is 6.18 Å². The Morgan fingerprint density at radius 2 is 1.87 bits per heavy atom. The van der Waals surface area contributed by atoms with Crippen molar-refractivity contribution in [2.24, 2.45) is 10.9 Å². The van der Waals surface area contributed by atoms with E-state index in [1.54, 1.807) is 18.3 Å². The molecule has 1 aromatic carbocycles. The third-order valence-corrected chi connectivity index (χ3v) is 5.54. The normalized spacial score (nSPS) is 17.1. The summed E-state index contributed by atoms with van der Waals surface area (Å²) in [6.07, 6.45) is 0.481. The summed E-state index contributed by atoms with van der Waals surface area (Å²) in [7, 11) is 0. The van der Waals surface area contributed by atoms with Gasteiger partial charge in [0.2, 0.25) is 0 Å². The van der Waals surface area contributed by atoms with Crippen LogP contribution < -0.4 is 5.32 Å². The summed E-state index contributed by atoms with van der Waals surface area (Å²) in [5.74, 6) is 1.46. The molecule has 0 radical (unpaired) electrons. The molecule has 8 heteroatoms. The summed E-state index contributed by atoms with van der Waals surface area (Å²) < 4.78 is 40.7. The molecule has 1 aliphatic rings. The molecule has 31 heavy (non-hydrogen) atoms. The van der Waals surface area contributed by atoms with Gasteiger partial charge in [-0.3, -0.25) is 4.98 Å². The lowest BCUT2D eigenvalue weighted by Gasteiger charge is -2.23. The molecule has 0 aliphatic carbocycles. The fourth-order valence-electron chi connectivity index (χ4n) is 3.79. The maximum Gasteiger partial charge on any atom is 0.417 e. The number of hydrogen-bond donors (Lipinski definition) is 1. The highest BCUT2D eigenvalue weighted by atomic mass is 19.4. The van der Waals surface area contributed by atoms with Gasteiger partial charge < -0.3 is 5.32 Å². The fourth-order valence-corrected chi connectivity index (χ4v) is 3.79. The molecular weight excluding hydrogens is 403 g/mol. The molecule has 3 heterocycles. The van der Waals surface area contributed by atoms with Crippen molar-refractivity contribution in [3.8, 4) is 11.4 Å². The van der Waals surface area contributed by atoms with Gasteiger partial charge in [-0.25, -0.2) is 15.0 Å². The maximum absolute atomic E-state index is 13.6. The van der Waals surface area contributed by atoms with Gasteiger partial charge in [-0.05, 0) is 44.4 Å². The van der Waals surface area contributed by atoms with E-state index in [0.29, 0.717) is 28.5 Å². The van der Waals surface area contributed by atoms with Crippen molar-refractivity contribution < 1.29 is 13.2 Å². The monoisotopic (exact) mass is 425 g/mol. The Morgan fingerprint density at radius 3 is 2.61 bits per heavy atom. The van der Waals surface area contributed by atoms with Crippen LogP contribution in [0.5, 0.6) is 0 Å². The van der Waals surface area contributed by atoms with Gasteiger partial charge >= 0.3 is 6.18 Å². The Hall–Kier alpha value is -3.29. The first kappa shape index (κ1) is 21.0. The highest BCUT2D eigenvalue weighted by Crippen LogP contribution is 2.37. The van der Waals surface area contributed by atoms with Crippen LogP contribution in [0, 0.1) is 5.92 Å². The molecule has 0 amide bonds. The molecule has 3 aromatic rings. The second kappa shape index (κ2) is 8.09. The number of nitrogens with one attached hydrogen (secondary N) is 1. The first-order valence-corrected chi connectivity index (χ1v) is 10.1. The van der Waals surface area contributed by atoms with E-state index in [0.717, 1.165) is 30.2 Å². The number of aromatic nitrogens is 3. The van der Waals surface area contributed by atoms with E-state index in [1.807, 2.05) is 13.8 Å². The lowest BCUT2D eigenvalue weighted by Crippen LogP contribution is -2.19. The smallest absolute Gasteiger partial charge is 0.324 e. The minimum atomic E-state index is -4.52. The molecule has 160 valence electrons. The van der Waals surface area contributed by atoms with E-state index in [1.165, 1.54) is 18.3 Å². The van der Waals surface area contributed by atoms with Crippen molar-refractivity contribution in [3.63, 3.8) is 0 Å². The van der Waals surface area contributed by atoms with Crippen molar-refractivity contribution in [3.05, 3.63) is 59.7 Å². The van der Waals surface area contributed by atoms with Crippen LogP contribution in [0.4, 0.5) is 19.0 Å². The summed E-state index contributed by atoms with van der Waals surface area (Å²) in [5, 5.41) is 3.91. The van der Waals surface area contributed by atoms with Gasteiger partial charge in [-0.2, -0.15) is 13.2 Å². The average molecular weight is 425 g/mol. The number of allylic oxidation sites excluding steroid dienone is 1. The molecule has 1 atom stereocenters. The lowest BCUT2D eigenvalue weighted by molar-refractivity contribution is -0.137. The Kier molecular flexibility index (Phi) is 5.47. The van der Waals surface area contributed by atoms with Gasteiger partial charge in [0.25, 0.3) is 0 Å². The summed E-state index contributed by atoms with van der Waals surface area (Å²) >= 11 is 0. The van der Waals surface area contributed by atoms with Crippen LogP contribution >= 0.6 is 0 Å². The van der Waals surface area contributed by atoms with Gasteiger partial charge in [-0.1, -0.05) is 25.1 Å². The molecule has 1 N–H and O–H groups in total. The largest absolute Gasteiger partial charge is 0.417 e. The van der Waals surface area contributed by atoms with Gasteiger partial charge in [0, 0.05) is 28.8 Å². The molecule has 1 aliphatic heterocycles. The highest BCUT2D eigenvalue weighted by molar-refractivity contribution is 5.92. The van der Waals surface area contributed by atoms with E-state index in [4.69, 9.17) is 4.99 Å². The average Bonchev–Trinajstić information content (AvgIpc) is 2.75. The number of halogens is 3. The first-order valence-electron chi connectivity index (χ1n) is 10.1. The van der Waals surface area contributed by atoms with Crippen molar-refractivity contribution in [2.45, 2.75) is 39.8 Å². The van der Waals surface area contributed by atoms with E-state index >= 15 is 0 Å².